The smallest absolute Gasteiger partial charge is 0.303 e. The van der Waals surface area contributed by atoms with Gasteiger partial charge in [0.1, 0.15) is 5.75 Å². The lowest BCUT2D eigenvalue weighted by Gasteiger charge is -2.15. The number of carboxylic acids is 1. The van der Waals surface area contributed by atoms with Crippen LogP contribution in [0.2, 0.25) is 0 Å². The standard InChI is InChI=1S/C14H19BrO3/c1-9(2)11-8-12(15)10(3)7-13(11)18-6-4-5-14(16)17/h7-9H,4-6H2,1-3H3,(H,16,17). The number of halogens is 1. The molecule has 0 saturated heterocycles. The predicted molar refractivity (Wildman–Crippen MR) is 75.3 cm³/mol. The number of rotatable bonds is 6. The Bertz CT molecular complexity index is 427. The number of carbonyl (C=O) groups is 1. The summed E-state index contributed by atoms with van der Waals surface area (Å²) in [4.78, 5) is 10.4. The van der Waals surface area contributed by atoms with E-state index in [-0.39, 0.29) is 6.42 Å². The van der Waals surface area contributed by atoms with Gasteiger partial charge in [-0.15, -0.1) is 0 Å². The molecule has 0 saturated carbocycles. The molecule has 100 valence electrons. The Morgan fingerprint density at radius 3 is 2.67 bits per heavy atom. The lowest BCUT2D eigenvalue weighted by atomic mass is 10.0. The zero-order valence-electron chi connectivity index (χ0n) is 11.0. The van der Waals surface area contributed by atoms with Crippen molar-refractivity contribution in [3.8, 4) is 5.75 Å². The molecule has 0 aliphatic carbocycles. The molecule has 1 rings (SSSR count). The van der Waals surface area contributed by atoms with E-state index in [0.717, 1.165) is 21.3 Å². The highest BCUT2D eigenvalue weighted by atomic mass is 79.9. The Hall–Kier alpha value is -1.03. The van der Waals surface area contributed by atoms with Gasteiger partial charge < -0.3 is 9.84 Å². The van der Waals surface area contributed by atoms with Gasteiger partial charge in [0.15, 0.2) is 0 Å². The van der Waals surface area contributed by atoms with Crippen LogP contribution in [0.4, 0.5) is 0 Å². The fourth-order valence-corrected chi connectivity index (χ4v) is 2.01. The van der Waals surface area contributed by atoms with E-state index in [2.05, 4.69) is 35.8 Å². The monoisotopic (exact) mass is 314 g/mol. The second kappa shape index (κ2) is 6.78. The van der Waals surface area contributed by atoms with Gasteiger partial charge in [0, 0.05) is 10.9 Å². The number of hydrogen-bond acceptors (Lipinski definition) is 2. The molecule has 0 aliphatic rings. The number of carboxylic acid groups (broad SMARTS) is 1. The minimum absolute atomic E-state index is 0.145. The van der Waals surface area contributed by atoms with Crippen molar-refractivity contribution in [2.75, 3.05) is 6.61 Å². The lowest BCUT2D eigenvalue weighted by molar-refractivity contribution is -0.137. The van der Waals surface area contributed by atoms with Crippen LogP contribution < -0.4 is 4.74 Å². The molecule has 4 heteroatoms. The quantitative estimate of drug-likeness (QED) is 0.803. The van der Waals surface area contributed by atoms with Crippen molar-refractivity contribution < 1.29 is 14.6 Å². The highest BCUT2D eigenvalue weighted by molar-refractivity contribution is 9.10. The Morgan fingerprint density at radius 2 is 2.11 bits per heavy atom. The van der Waals surface area contributed by atoms with E-state index >= 15 is 0 Å². The molecule has 1 N–H and O–H groups in total. The number of ether oxygens (including phenoxy) is 1. The van der Waals surface area contributed by atoms with E-state index in [4.69, 9.17) is 9.84 Å². The first kappa shape index (κ1) is 15.0. The van der Waals surface area contributed by atoms with Crippen LogP contribution in [0, 0.1) is 6.92 Å². The second-order valence-electron chi connectivity index (χ2n) is 4.64. The summed E-state index contributed by atoms with van der Waals surface area (Å²) >= 11 is 3.52. The Kier molecular flexibility index (Phi) is 5.66. The van der Waals surface area contributed by atoms with Crippen LogP contribution in [0.5, 0.6) is 5.75 Å². The van der Waals surface area contributed by atoms with Crippen molar-refractivity contribution in [3.05, 3.63) is 27.7 Å². The van der Waals surface area contributed by atoms with Crippen molar-refractivity contribution in [2.24, 2.45) is 0 Å². The second-order valence-corrected chi connectivity index (χ2v) is 5.49. The van der Waals surface area contributed by atoms with Crippen molar-refractivity contribution in [1.82, 2.24) is 0 Å². The third kappa shape index (κ3) is 4.33. The molecule has 1 aromatic carbocycles. The SMILES string of the molecule is Cc1cc(OCCCC(=O)O)c(C(C)C)cc1Br. The predicted octanol–water partition coefficient (Wildman–Crippen LogP) is 4.12. The zero-order valence-corrected chi connectivity index (χ0v) is 12.6. The summed E-state index contributed by atoms with van der Waals surface area (Å²) in [6, 6.07) is 4.08. The average molecular weight is 315 g/mol. The first-order valence-electron chi connectivity index (χ1n) is 6.06. The van der Waals surface area contributed by atoms with Crippen molar-refractivity contribution in [3.63, 3.8) is 0 Å². The topological polar surface area (TPSA) is 46.5 Å². The summed E-state index contributed by atoms with van der Waals surface area (Å²) in [6.07, 6.45) is 0.675. The molecular formula is C14H19BrO3. The van der Waals surface area contributed by atoms with Gasteiger partial charge in [-0.2, -0.15) is 0 Å². The van der Waals surface area contributed by atoms with E-state index in [1.54, 1.807) is 0 Å². The molecule has 18 heavy (non-hydrogen) atoms. The van der Waals surface area contributed by atoms with Gasteiger partial charge in [-0.05, 0) is 42.5 Å². The van der Waals surface area contributed by atoms with Crippen LogP contribution >= 0.6 is 15.9 Å². The summed E-state index contributed by atoms with van der Waals surface area (Å²) < 4.78 is 6.77. The highest BCUT2D eigenvalue weighted by Crippen LogP contribution is 2.32. The first-order chi connectivity index (χ1) is 8.41. The van der Waals surface area contributed by atoms with Gasteiger partial charge in [-0.1, -0.05) is 29.8 Å². The molecule has 0 fully saturated rings. The Labute approximate surface area is 116 Å². The molecule has 0 unspecified atom stereocenters. The van der Waals surface area contributed by atoms with Gasteiger partial charge >= 0.3 is 5.97 Å². The maximum absolute atomic E-state index is 10.4. The Morgan fingerprint density at radius 1 is 1.44 bits per heavy atom. The highest BCUT2D eigenvalue weighted by Gasteiger charge is 2.11. The molecule has 0 radical (unpaired) electrons. The minimum atomic E-state index is -0.783. The van der Waals surface area contributed by atoms with E-state index in [1.165, 1.54) is 0 Å². The van der Waals surface area contributed by atoms with Crippen molar-refractivity contribution >= 4 is 21.9 Å². The van der Waals surface area contributed by atoms with Crippen LogP contribution in [-0.2, 0) is 4.79 Å². The third-order valence-corrected chi connectivity index (χ3v) is 3.56. The van der Waals surface area contributed by atoms with Crippen LogP contribution in [-0.4, -0.2) is 17.7 Å². The summed E-state index contributed by atoms with van der Waals surface area (Å²) in [7, 11) is 0. The number of aliphatic carboxylic acids is 1. The fraction of sp³-hybridized carbons (Fsp3) is 0.500. The molecule has 0 spiro atoms. The van der Waals surface area contributed by atoms with Gasteiger partial charge in [-0.25, -0.2) is 0 Å². The molecule has 0 aliphatic heterocycles. The van der Waals surface area contributed by atoms with Crippen LogP contribution in [0.25, 0.3) is 0 Å². The molecule has 0 aromatic heterocycles. The zero-order chi connectivity index (χ0) is 13.7. The fourth-order valence-electron chi connectivity index (χ4n) is 1.65. The maximum atomic E-state index is 10.4. The van der Waals surface area contributed by atoms with Gasteiger partial charge in [0.25, 0.3) is 0 Å². The summed E-state index contributed by atoms with van der Waals surface area (Å²) in [5.41, 5.74) is 2.26. The first-order valence-corrected chi connectivity index (χ1v) is 6.85. The Balaban J connectivity index is 2.74. The van der Waals surface area contributed by atoms with Crippen LogP contribution in [0.15, 0.2) is 16.6 Å². The van der Waals surface area contributed by atoms with E-state index in [9.17, 15) is 4.79 Å². The lowest BCUT2D eigenvalue weighted by Crippen LogP contribution is -2.04. The van der Waals surface area contributed by atoms with Gasteiger partial charge in [0.2, 0.25) is 0 Å². The molecule has 0 bridgehead atoms. The largest absolute Gasteiger partial charge is 0.493 e. The number of benzene rings is 1. The van der Waals surface area contributed by atoms with Crippen molar-refractivity contribution in [1.29, 1.82) is 0 Å². The number of hydrogen-bond donors (Lipinski definition) is 1. The van der Waals surface area contributed by atoms with E-state index in [1.807, 2.05) is 13.0 Å². The van der Waals surface area contributed by atoms with Gasteiger partial charge in [0.05, 0.1) is 6.61 Å². The number of aryl methyl sites for hydroxylation is 1. The molecule has 0 heterocycles. The van der Waals surface area contributed by atoms with Gasteiger partial charge in [-0.3, -0.25) is 4.79 Å². The maximum Gasteiger partial charge on any atom is 0.303 e. The summed E-state index contributed by atoms with van der Waals surface area (Å²) in [5.74, 6) is 0.446. The van der Waals surface area contributed by atoms with Crippen molar-refractivity contribution in [2.45, 2.75) is 39.5 Å². The van der Waals surface area contributed by atoms with Crippen LogP contribution in [0.3, 0.4) is 0 Å². The minimum Gasteiger partial charge on any atom is -0.493 e. The normalized spacial score (nSPS) is 10.7. The molecule has 0 amide bonds. The molecule has 0 atom stereocenters. The van der Waals surface area contributed by atoms with Crippen LogP contribution in [0.1, 0.15) is 43.7 Å². The summed E-state index contributed by atoms with van der Waals surface area (Å²) in [6.45, 7) is 6.67. The average Bonchev–Trinajstić information content (AvgIpc) is 2.28. The van der Waals surface area contributed by atoms with E-state index in [0.29, 0.717) is 18.9 Å². The van der Waals surface area contributed by atoms with E-state index < -0.39 is 5.97 Å². The molecular weight excluding hydrogens is 296 g/mol. The summed E-state index contributed by atoms with van der Waals surface area (Å²) in [5, 5.41) is 8.57. The molecule has 3 nitrogen and oxygen atoms in total. The third-order valence-electron chi connectivity index (χ3n) is 2.71. The molecule has 1 aromatic rings.